The van der Waals surface area contributed by atoms with Gasteiger partial charge in [0.15, 0.2) is 5.69 Å². The topological polar surface area (TPSA) is 22.2 Å². The minimum Gasteiger partial charge on any atom is -0.309 e. The lowest BCUT2D eigenvalue weighted by Crippen LogP contribution is -2.31. The summed E-state index contributed by atoms with van der Waals surface area (Å²) >= 11 is 1.88. The Hall–Kier alpha value is -7.71. The van der Waals surface area contributed by atoms with E-state index in [1.807, 2.05) is 23.9 Å². The van der Waals surface area contributed by atoms with Crippen LogP contribution < -0.4 is 0 Å². The maximum absolute atomic E-state index is 7.61. The zero-order valence-corrected chi connectivity index (χ0v) is 33.6. The third-order valence-electron chi connectivity index (χ3n) is 13.1. The minimum absolute atomic E-state index is 0.460. The summed E-state index contributed by atoms with van der Waals surface area (Å²) in [6.07, 6.45) is 0. The van der Waals surface area contributed by atoms with Crippen LogP contribution in [0.3, 0.4) is 0 Å². The van der Waals surface area contributed by atoms with Crippen LogP contribution in [0, 0.1) is 6.57 Å². The van der Waals surface area contributed by atoms with Gasteiger partial charge in [0.2, 0.25) is 0 Å². The minimum atomic E-state index is -0.460. The van der Waals surface area contributed by atoms with Crippen molar-refractivity contribution in [1.82, 2.24) is 9.55 Å². The first-order chi connectivity index (χ1) is 30.2. The zero-order chi connectivity index (χ0) is 40.2. The van der Waals surface area contributed by atoms with Crippen molar-refractivity contribution in [2.75, 3.05) is 0 Å². The number of hydrogen-bond acceptors (Lipinski definition) is 2. The van der Waals surface area contributed by atoms with Crippen molar-refractivity contribution < 1.29 is 0 Å². The van der Waals surface area contributed by atoms with Crippen molar-refractivity contribution in [3.63, 3.8) is 0 Å². The van der Waals surface area contributed by atoms with Crippen LogP contribution in [0.15, 0.2) is 210 Å². The molecule has 3 heterocycles. The summed E-state index contributed by atoms with van der Waals surface area (Å²) in [5, 5.41) is 5.78. The molecule has 0 fully saturated rings. The van der Waals surface area contributed by atoms with Gasteiger partial charge in [-0.25, -0.2) is 9.83 Å². The summed E-state index contributed by atoms with van der Waals surface area (Å²) in [6.45, 7) is 7.61. The Morgan fingerprint density at radius 3 is 1.92 bits per heavy atom. The average molecular weight is 792 g/mol. The highest BCUT2D eigenvalue weighted by molar-refractivity contribution is 7.99. The van der Waals surface area contributed by atoms with Crippen molar-refractivity contribution >= 4 is 60.9 Å². The highest BCUT2D eigenvalue weighted by Gasteiger charge is 2.50. The molecule has 1 aliphatic heterocycles. The molecule has 2 aromatic heterocycles. The highest BCUT2D eigenvalue weighted by atomic mass is 32.2. The maximum atomic E-state index is 7.61. The zero-order valence-electron chi connectivity index (χ0n) is 32.8. The summed E-state index contributed by atoms with van der Waals surface area (Å²) < 4.78 is 2.30. The number of rotatable bonds is 3. The van der Waals surface area contributed by atoms with Crippen LogP contribution >= 0.6 is 11.8 Å². The van der Waals surface area contributed by atoms with E-state index in [-0.39, 0.29) is 0 Å². The fourth-order valence-corrected chi connectivity index (χ4v) is 11.7. The number of nitrogens with zero attached hydrogens (tertiary/aromatic N) is 3. The molecule has 0 saturated carbocycles. The summed E-state index contributed by atoms with van der Waals surface area (Å²) in [5.41, 5.74) is 16.7. The molecule has 2 aliphatic rings. The fourth-order valence-electron chi connectivity index (χ4n) is 10.5. The molecule has 11 aromatic rings. The molecule has 0 unspecified atom stereocenters. The van der Waals surface area contributed by atoms with Gasteiger partial charge in [-0.2, -0.15) is 0 Å². The van der Waals surface area contributed by atoms with Gasteiger partial charge in [-0.05, 0) is 98.4 Å². The Labute approximate surface area is 357 Å². The second-order valence-corrected chi connectivity index (χ2v) is 17.2. The predicted octanol–water partition coefficient (Wildman–Crippen LogP) is 15.2. The quantitative estimate of drug-likeness (QED) is 0.131. The van der Waals surface area contributed by atoms with Crippen molar-refractivity contribution in [1.29, 1.82) is 0 Å². The lowest BCUT2D eigenvalue weighted by molar-refractivity contribution is 0.723. The van der Waals surface area contributed by atoms with Gasteiger partial charge in [-0.1, -0.05) is 163 Å². The van der Waals surface area contributed by atoms with E-state index in [0.717, 1.165) is 66.2 Å². The molecule has 1 spiro atoms. The van der Waals surface area contributed by atoms with E-state index in [1.54, 1.807) is 0 Å². The largest absolute Gasteiger partial charge is 0.309 e. The molecule has 3 nitrogen and oxygen atoms in total. The Bertz CT molecular complexity index is 3640. The van der Waals surface area contributed by atoms with Crippen LogP contribution in [0.5, 0.6) is 0 Å². The lowest BCUT2D eigenvalue weighted by atomic mass is 9.67. The molecule has 9 aromatic carbocycles. The molecule has 0 amide bonds. The number of fused-ring (bicyclic) bond motifs is 16. The second kappa shape index (κ2) is 12.9. The fraction of sp³-hybridized carbons (Fsp3) is 0.0175. The average Bonchev–Trinajstić information content (AvgIpc) is 3.82. The number of hydrogen-bond donors (Lipinski definition) is 0. The van der Waals surface area contributed by atoms with Gasteiger partial charge in [0.25, 0.3) is 0 Å². The molecule has 1 aliphatic carbocycles. The van der Waals surface area contributed by atoms with Crippen molar-refractivity contribution in [3.05, 3.63) is 234 Å². The summed E-state index contributed by atoms with van der Waals surface area (Å²) in [5.74, 6) is 0. The normalized spacial score (nSPS) is 13.3. The molecule has 13 rings (SSSR count). The van der Waals surface area contributed by atoms with Crippen LogP contribution in [-0.2, 0) is 5.41 Å². The van der Waals surface area contributed by atoms with Gasteiger partial charge in [-0.15, -0.1) is 0 Å². The molecular weight excluding hydrogens is 759 g/mol. The molecule has 0 saturated heterocycles. The van der Waals surface area contributed by atoms with Crippen LogP contribution in [0.25, 0.3) is 87.5 Å². The van der Waals surface area contributed by atoms with Crippen molar-refractivity contribution in [2.45, 2.75) is 15.2 Å². The summed E-state index contributed by atoms with van der Waals surface area (Å²) in [7, 11) is 0. The molecule has 0 bridgehead atoms. The Morgan fingerprint density at radius 2 is 1.13 bits per heavy atom. The van der Waals surface area contributed by atoms with Crippen LogP contribution in [0.1, 0.15) is 22.3 Å². The van der Waals surface area contributed by atoms with Gasteiger partial charge in [0.1, 0.15) is 0 Å². The second-order valence-electron chi connectivity index (χ2n) is 16.1. The van der Waals surface area contributed by atoms with Gasteiger partial charge in [0, 0.05) is 42.6 Å². The van der Waals surface area contributed by atoms with Gasteiger partial charge in [-0.3, -0.25) is 0 Å². The number of aromatic nitrogens is 2. The number of para-hydroxylation sites is 1. The Morgan fingerprint density at radius 1 is 0.475 bits per heavy atom. The lowest BCUT2D eigenvalue weighted by Gasteiger charge is -2.39. The Kier molecular flexibility index (Phi) is 7.22. The highest BCUT2D eigenvalue weighted by Crippen LogP contribution is 2.63. The molecular formula is C57H33N3S. The number of benzene rings is 9. The first-order valence-corrected chi connectivity index (χ1v) is 21.5. The molecule has 4 heteroatoms. The summed E-state index contributed by atoms with van der Waals surface area (Å²) in [4.78, 5) is 11.8. The summed E-state index contributed by atoms with van der Waals surface area (Å²) in [6, 6.07) is 72.6. The monoisotopic (exact) mass is 791 g/mol. The molecule has 0 atom stereocenters. The molecule has 61 heavy (non-hydrogen) atoms. The molecule has 0 radical (unpaired) electrons. The van der Waals surface area contributed by atoms with Crippen LogP contribution in [0.2, 0.25) is 0 Å². The van der Waals surface area contributed by atoms with E-state index >= 15 is 0 Å². The predicted molar refractivity (Wildman–Crippen MR) is 252 cm³/mol. The maximum Gasteiger partial charge on any atom is 0.188 e. The first kappa shape index (κ1) is 34.2. The smallest absolute Gasteiger partial charge is 0.188 e. The van der Waals surface area contributed by atoms with E-state index in [9.17, 15) is 0 Å². The SMILES string of the molecule is [C-]#[N+]c1ccc2c(c1)c1ccccc1n2-c1ccc(-c2ccc3c(c2)nc(-c2ccccc2)c2ccc4c(c23)-c2ccccc2C42c3ccccc3Sc3ccccc32)cc1. The van der Waals surface area contributed by atoms with Crippen molar-refractivity contribution in [3.8, 4) is 39.2 Å². The van der Waals surface area contributed by atoms with E-state index in [1.165, 1.54) is 48.6 Å². The first-order valence-electron chi connectivity index (χ1n) is 20.7. The third-order valence-corrected chi connectivity index (χ3v) is 14.2. The van der Waals surface area contributed by atoms with Gasteiger partial charge < -0.3 is 4.57 Å². The number of pyridine rings is 1. The third kappa shape index (κ3) is 4.73. The standard InChI is InChI=1S/C57H33N3S/c1-58-38-26-32-51-44(34-38)40-15-6-10-20-50(40)60(51)39-27-23-35(24-28-39)37-25-29-42-49(33-37)59-56(36-13-3-2-4-14-36)43-30-31-48-55(54(42)43)41-16-5-7-17-45(41)57(48)46-18-8-11-21-52(46)61-53-22-12-9-19-47(53)57/h2-34H. The van der Waals surface area contributed by atoms with E-state index < -0.39 is 5.41 Å². The van der Waals surface area contributed by atoms with E-state index in [4.69, 9.17) is 11.6 Å². The Balaban J connectivity index is 1.04. The van der Waals surface area contributed by atoms with Gasteiger partial charge in [0.05, 0.1) is 34.2 Å². The van der Waals surface area contributed by atoms with Gasteiger partial charge >= 0.3 is 0 Å². The van der Waals surface area contributed by atoms with Crippen LogP contribution in [-0.4, -0.2) is 9.55 Å². The van der Waals surface area contributed by atoms with E-state index in [2.05, 4.69) is 197 Å². The van der Waals surface area contributed by atoms with Crippen LogP contribution in [0.4, 0.5) is 5.69 Å². The van der Waals surface area contributed by atoms with Crippen molar-refractivity contribution in [2.24, 2.45) is 0 Å². The molecule has 0 N–H and O–H groups in total. The van der Waals surface area contributed by atoms with E-state index in [0.29, 0.717) is 5.69 Å². The molecule has 282 valence electrons.